The van der Waals surface area contributed by atoms with Gasteiger partial charge in [-0.05, 0) is 47.3 Å². The molecule has 0 atom stereocenters. The summed E-state index contributed by atoms with van der Waals surface area (Å²) < 4.78 is 14.8. The van der Waals surface area contributed by atoms with Gasteiger partial charge in [-0.1, -0.05) is 6.07 Å². The van der Waals surface area contributed by atoms with Crippen molar-refractivity contribution in [3.05, 3.63) is 71.6 Å². The van der Waals surface area contributed by atoms with E-state index in [0.29, 0.717) is 11.9 Å². The maximum atomic E-state index is 13.8. The number of halogens is 1. The molecular weight excluding hydrogens is 323 g/mol. The lowest BCUT2D eigenvalue weighted by Crippen LogP contribution is -2.04. The van der Waals surface area contributed by atoms with Crippen LogP contribution in [0, 0.1) is 5.82 Å². The Morgan fingerprint density at radius 1 is 1.04 bits per heavy atom. The molecule has 0 aliphatic rings. The van der Waals surface area contributed by atoms with Gasteiger partial charge in [0, 0.05) is 34.6 Å². The van der Waals surface area contributed by atoms with E-state index >= 15 is 0 Å². The Balaban J connectivity index is 1.65. The zero-order valence-corrected chi connectivity index (χ0v) is 13.4. The first-order valence-electron chi connectivity index (χ1n) is 7.44. The fourth-order valence-electron chi connectivity index (χ4n) is 2.60. The summed E-state index contributed by atoms with van der Waals surface area (Å²) in [6.45, 7) is 0.557. The van der Waals surface area contributed by atoms with Gasteiger partial charge in [0.1, 0.15) is 11.6 Å². The van der Waals surface area contributed by atoms with Crippen LogP contribution in [0.15, 0.2) is 60.2 Å². The first-order valence-corrected chi connectivity index (χ1v) is 8.32. The molecule has 6 heteroatoms. The summed E-state index contributed by atoms with van der Waals surface area (Å²) in [4.78, 5) is 4.41. The number of hydrogen-bond donors (Lipinski definition) is 1. The Kier molecular flexibility index (Phi) is 3.88. The Bertz CT molecular complexity index is 985. The third-order valence-corrected chi connectivity index (χ3v) is 4.74. The van der Waals surface area contributed by atoms with Crippen molar-refractivity contribution < 1.29 is 4.39 Å². The zero-order chi connectivity index (χ0) is 16.4. The van der Waals surface area contributed by atoms with Gasteiger partial charge in [-0.2, -0.15) is 10.2 Å². The van der Waals surface area contributed by atoms with Crippen molar-refractivity contribution >= 4 is 27.2 Å². The third-order valence-electron chi connectivity index (χ3n) is 3.75. The lowest BCUT2D eigenvalue weighted by molar-refractivity contribution is 0.640. The summed E-state index contributed by atoms with van der Waals surface area (Å²) in [5.41, 5.74) is 2.68. The Labute approximate surface area is 142 Å². The number of pyridine rings is 1. The molecule has 3 aromatic heterocycles. The van der Waals surface area contributed by atoms with Crippen molar-refractivity contribution in [2.24, 2.45) is 0 Å². The number of anilines is 1. The van der Waals surface area contributed by atoms with Crippen molar-refractivity contribution in [2.45, 2.75) is 6.54 Å². The number of rotatable bonds is 4. The number of thiophene rings is 1. The second kappa shape index (κ2) is 6.33. The standard InChI is InChI=1S/C18H13FN4S/c19-15-6-5-12(17-13(15)7-10-24-17)11-21-18-14(3-1-8-20-18)16-4-2-9-22-23-16/h1-10H,11H2,(H,20,21). The fraction of sp³-hybridized carbons (Fsp3) is 0.0556. The normalized spacial score (nSPS) is 10.9. The van der Waals surface area contributed by atoms with Crippen molar-refractivity contribution in [1.29, 1.82) is 0 Å². The van der Waals surface area contributed by atoms with Crippen LogP contribution in [-0.2, 0) is 6.54 Å². The number of hydrogen-bond acceptors (Lipinski definition) is 5. The molecule has 0 saturated carbocycles. The topological polar surface area (TPSA) is 50.7 Å². The summed E-state index contributed by atoms with van der Waals surface area (Å²) in [5.74, 6) is 0.542. The number of fused-ring (bicyclic) bond motifs is 1. The Hall–Kier alpha value is -2.86. The lowest BCUT2D eigenvalue weighted by Gasteiger charge is -2.11. The SMILES string of the molecule is Fc1ccc(CNc2ncccc2-c2cccnn2)c2sccc12. The minimum atomic E-state index is -0.187. The molecule has 0 radical (unpaired) electrons. The van der Waals surface area contributed by atoms with Crippen LogP contribution in [0.25, 0.3) is 21.3 Å². The van der Waals surface area contributed by atoms with Crippen LogP contribution in [0.4, 0.5) is 10.2 Å². The highest BCUT2D eigenvalue weighted by Crippen LogP contribution is 2.29. The molecule has 4 nitrogen and oxygen atoms in total. The number of nitrogens with zero attached hydrogens (tertiary/aromatic N) is 3. The maximum Gasteiger partial charge on any atom is 0.135 e. The average Bonchev–Trinajstić information content (AvgIpc) is 3.13. The highest BCUT2D eigenvalue weighted by molar-refractivity contribution is 7.17. The predicted molar refractivity (Wildman–Crippen MR) is 94.4 cm³/mol. The molecule has 0 fully saturated rings. The van der Waals surface area contributed by atoms with E-state index in [-0.39, 0.29) is 5.82 Å². The second-order valence-corrected chi connectivity index (χ2v) is 6.15. The molecule has 4 aromatic rings. The molecule has 0 aliphatic carbocycles. The van der Waals surface area contributed by atoms with Gasteiger partial charge in [0.15, 0.2) is 0 Å². The zero-order valence-electron chi connectivity index (χ0n) is 12.6. The minimum Gasteiger partial charge on any atom is -0.365 e. The van der Waals surface area contributed by atoms with Crippen LogP contribution in [0.2, 0.25) is 0 Å². The highest BCUT2D eigenvalue weighted by Gasteiger charge is 2.10. The van der Waals surface area contributed by atoms with E-state index in [1.807, 2.05) is 41.8 Å². The lowest BCUT2D eigenvalue weighted by atomic mass is 10.1. The fourth-order valence-corrected chi connectivity index (χ4v) is 3.53. The van der Waals surface area contributed by atoms with Gasteiger partial charge in [-0.25, -0.2) is 9.37 Å². The molecule has 0 amide bonds. The van der Waals surface area contributed by atoms with Gasteiger partial charge in [0.25, 0.3) is 0 Å². The average molecular weight is 336 g/mol. The van der Waals surface area contributed by atoms with Crippen LogP contribution < -0.4 is 5.32 Å². The van der Waals surface area contributed by atoms with Gasteiger partial charge in [-0.15, -0.1) is 11.3 Å². The van der Waals surface area contributed by atoms with E-state index in [9.17, 15) is 4.39 Å². The quantitative estimate of drug-likeness (QED) is 0.596. The van der Waals surface area contributed by atoms with Gasteiger partial charge >= 0.3 is 0 Å². The molecule has 0 aliphatic heterocycles. The Morgan fingerprint density at radius 2 is 1.96 bits per heavy atom. The van der Waals surface area contributed by atoms with E-state index in [0.717, 1.165) is 27.3 Å². The van der Waals surface area contributed by atoms with Crippen molar-refractivity contribution in [3.8, 4) is 11.3 Å². The molecule has 118 valence electrons. The van der Waals surface area contributed by atoms with Gasteiger partial charge in [0.2, 0.25) is 0 Å². The molecule has 24 heavy (non-hydrogen) atoms. The Morgan fingerprint density at radius 3 is 2.83 bits per heavy atom. The van der Waals surface area contributed by atoms with Crippen LogP contribution >= 0.6 is 11.3 Å². The van der Waals surface area contributed by atoms with Crippen molar-refractivity contribution in [1.82, 2.24) is 15.2 Å². The molecule has 1 aromatic carbocycles. The van der Waals surface area contributed by atoms with Crippen molar-refractivity contribution in [3.63, 3.8) is 0 Å². The summed E-state index contributed by atoms with van der Waals surface area (Å²) in [6.07, 6.45) is 3.37. The summed E-state index contributed by atoms with van der Waals surface area (Å²) in [5, 5.41) is 14.0. The first-order chi connectivity index (χ1) is 11.8. The number of nitrogens with one attached hydrogen (secondary N) is 1. The highest BCUT2D eigenvalue weighted by atomic mass is 32.1. The summed E-state index contributed by atoms with van der Waals surface area (Å²) in [6, 6.07) is 12.7. The number of aromatic nitrogens is 3. The van der Waals surface area contributed by atoms with Gasteiger partial charge in [0.05, 0.1) is 5.69 Å². The predicted octanol–water partition coefficient (Wildman–Crippen LogP) is 4.50. The van der Waals surface area contributed by atoms with Gasteiger partial charge in [-0.3, -0.25) is 0 Å². The molecule has 3 heterocycles. The smallest absolute Gasteiger partial charge is 0.135 e. The molecule has 1 N–H and O–H groups in total. The number of benzene rings is 1. The van der Waals surface area contributed by atoms with Crippen LogP contribution in [0.3, 0.4) is 0 Å². The first kappa shape index (κ1) is 14.7. The molecular formula is C18H13FN4S. The third kappa shape index (κ3) is 2.72. The van der Waals surface area contributed by atoms with E-state index in [1.165, 1.54) is 6.07 Å². The summed E-state index contributed by atoms with van der Waals surface area (Å²) >= 11 is 1.54. The van der Waals surface area contributed by atoms with E-state index in [1.54, 1.807) is 23.7 Å². The van der Waals surface area contributed by atoms with Crippen LogP contribution in [0.1, 0.15) is 5.56 Å². The molecule has 4 rings (SSSR count). The largest absolute Gasteiger partial charge is 0.365 e. The second-order valence-electron chi connectivity index (χ2n) is 5.23. The molecule has 0 unspecified atom stereocenters. The monoisotopic (exact) mass is 336 g/mol. The molecule has 0 bridgehead atoms. The van der Waals surface area contributed by atoms with Crippen molar-refractivity contribution in [2.75, 3.05) is 5.32 Å². The summed E-state index contributed by atoms with van der Waals surface area (Å²) in [7, 11) is 0. The van der Waals surface area contributed by atoms with E-state index in [2.05, 4.69) is 20.5 Å². The minimum absolute atomic E-state index is 0.187. The van der Waals surface area contributed by atoms with Gasteiger partial charge < -0.3 is 5.32 Å². The molecule has 0 saturated heterocycles. The van der Waals surface area contributed by atoms with Crippen LogP contribution in [-0.4, -0.2) is 15.2 Å². The van der Waals surface area contributed by atoms with Crippen LogP contribution in [0.5, 0.6) is 0 Å². The maximum absolute atomic E-state index is 13.8. The molecule has 0 spiro atoms. The van der Waals surface area contributed by atoms with E-state index < -0.39 is 0 Å². The van der Waals surface area contributed by atoms with E-state index in [4.69, 9.17) is 0 Å².